The van der Waals surface area contributed by atoms with E-state index in [2.05, 4.69) is 15.6 Å². The molecule has 1 aliphatic rings. The summed E-state index contributed by atoms with van der Waals surface area (Å²) in [6, 6.07) is 1.65. The average Bonchev–Trinajstić information content (AvgIpc) is 2.46. The molecule has 0 atom stereocenters. The molecule has 7 nitrogen and oxygen atoms in total. The third kappa shape index (κ3) is 3.68. The third-order valence-corrected chi connectivity index (χ3v) is 4.05. The predicted octanol–water partition coefficient (Wildman–Crippen LogP) is 1.73. The summed E-state index contributed by atoms with van der Waals surface area (Å²) in [7, 11) is 1.69. The zero-order valence-corrected chi connectivity index (χ0v) is 12.5. The number of nitrogens with one attached hydrogen (secondary N) is 2. The van der Waals surface area contributed by atoms with Crippen LogP contribution in [0, 0.1) is 22.5 Å². The quantitative estimate of drug-likeness (QED) is 0.613. The number of rotatable bonds is 6. The summed E-state index contributed by atoms with van der Waals surface area (Å²) in [6.45, 7) is 4.87. The first-order chi connectivity index (χ1) is 10.1. The van der Waals surface area contributed by atoms with Crippen LogP contribution in [-0.4, -0.2) is 43.3 Å². The number of methoxy groups -OCH3 is 1. The molecular weight excluding hydrogens is 272 g/mol. The van der Waals surface area contributed by atoms with E-state index in [4.69, 9.17) is 4.74 Å². The van der Waals surface area contributed by atoms with Crippen LogP contribution in [0.3, 0.4) is 0 Å². The summed E-state index contributed by atoms with van der Waals surface area (Å²) in [5.41, 5.74) is 0.668. The van der Waals surface area contributed by atoms with E-state index < -0.39 is 0 Å². The highest BCUT2D eigenvalue weighted by atomic mass is 16.6. The fourth-order valence-corrected chi connectivity index (χ4v) is 2.82. The molecule has 0 spiro atoms. The van der Waals surface area contributed by atoms with Gasteiger partial charge in [0.2, 0.25) is 5.82 Å². The second-order valence-corrected chi connectivity index (χ2v) is 5.62. The summed E-state index contributed by atoms with van der Waals surface area (Å²) in [4.78, 5) is 14.9. The van der Waals surface area contributed by atoms with Crippen molar-refractivity contribution >= 4 is 11.5 Å². The van der Waals surface area contributed by atoms with E-state index in [1.807, 2.05) is 0 Å². The van der Waals surface area contributed by atoms with Gasteiger partial charge in [-0.05, 0) is 38.9 Å². The van der Waals surface area contributed by atoms with Gasteiger partial charge in [0.25, 0.3) is 0 Å². The maximum absolute atomic E-state index is 11.2. The maximum atomic E-state index is 11.2. The molecule has 1 fully saturated rings. The molecule has 0 saturated carbocycles. The van der Waals surface area contributed by atoms with Crippen LogP contribution < -0.4 is 10.6 Å². The highest BCUT2D eigenvalue weighted by Gasteiger charge is 2.33. The van der Waals surface area contributed by atoms with Crippen LogP contribution in [0.15, 0.2) is 12.3 Å². The number of nitro groups is 1. The Labute approximate surface area is 124 Å². The number of hydrogen-bond donors (Lipinski definition) is 2. The maximum Gasteiger partial charge on any atom is 0.314 e. The van der Waals surface area contributed by atoms with Crippen molar-refractivity contribution in [2.45, 2.75) is 19.8 Å². The topological polar surface area (TPSA) is 89.3 Å². The van der Waals surface area contributed by atoms with E-state index in [0.29, 0.717) is 24.5 Å². The number of ether oxygens (including phenoxy) is 1. The summed E-state index contributed by atoms with van der Waals surface area (Å²) in [6.07, 6.45) is 3.55. The van der Waals surface area contributed by atoms with Crippen molar-refractivity contribution in [2.75, 3.05) is 38.7 Å². The molecule has 1 aliphatic heterocycles. The number of anilines is 1. The van der Waals surface area contributed by atoms with Crippen molar-refractivity contribution in [1.82, 2.24) is 10.3 Å². The first kappa shape index (κ1) is 15.7. The molecule has 7 heteroatoms. The first-order valence-corrected chi connectivity index (χ1v) is 7.11. The van der Waals surface area contributed by atoms with Gasteiger partial charge in [0.05, 0.1) is 11.5 Å². The number of aromatic nitrogens is 1. The Balaban J connectivity index is 2.14. The molecule has 0 aliphatic carbocycles. The second-order valence-electron chi connectivity index (χ2n) is 5.62. The molecule has 1 aromatic heterocycles. The van der Waals surface area contributed by atoms with Gasteiger partial charge in [-0.2, -0.15) is 0 Å². The fraction of sp³-hybridized carbons (Fsp3) is 0.643. The van der Waals surface area contributed by atoms with E-state index in [0.717, 1.165) is 25.9 Å². The van der Waals surface area contributed by atoms with Crippen molar-refractivity contribution in [3.63, 3.8) is 0 Å². The lowest BCUT2D eigenvalue weighted by molar-refractivity contribution is -0.384. The Bertz CT molecular complexity index is 495. The SMILES string of the molecule is COCC1(CNc2nccc(C)c2[N+](=O)[O-])CCNCC1. The van der Waals surface area contributed by atoms with Crippen LogP contribution in [0.1, 0.15) is 18.4 Å². The Morgan fingerprint density at radius 1 is 1.52 bits per heavy atom. The van der Waals surface area contributed by atoms with Crippen LogP contribution in [0.25, 0.3) is 0 Å². The van der Waals surface area contributed by atoms with Crippen molar-refractivity contribution in [3.05, 3.63) is 27.9 Å². The van der Waals surface area contributed by atoms with Gasteiger partial charge in [0.1, 0.15) is 0 Å². The zero-order valence-electron chi connectivity index (χ0n) is 12.5. The van der Waals surface area contributed by atoms with Crippen LogP contribution in [0.2, 0.25) is 0 Å². The fourth-order valence-electron chi connectivity index (χ4n) is 2.82. The van der Waals surface area contributed by atoms with Crippen molar-refractivity contribution in [2.24, 2.45) is 5.41 Å². The highest BCUT2D eigenvalue weighted by molar-refractivity contribution is 5.59. The molecule has 0 aromatic carbocycles. The van der Waals surface area contributed by atoms with E-state index >= 15 is 0 Å². The van der Waals surface area contributed by atoms with Crippen LogP contribution in [0.4, 0.5) is 11.5 Å². The lowest BCUT2D eigenvalue weighted by atomic mass is 9.79. The van der Waals surface area contributed by atoms with E-state index in [9.17, 15) is 10.1 Å². The number of aryl methyl sites for hydroxylation is 1. The normalized spacial score (nSPS) is 17.4. The summed E-state index contributed by atoms with van der Waals surface area (Å²) in [5, 5.41) is 17.7. The number of hydrogen-bond acceptors (Lipinski definition) is 6. The van der Waals surface area contributed by atoms with Crippen molar-refractivity contribution in [3.8, 4) is 0 Å². The summed E-state index contributed by atoms with van der Waals surface area (Å²) < 4.78 is 5.35. The highest BCUT2D eigenvalue weighted by Crippen LogP contribution is 2.31. The van der Waals surface area contributed by atoms with E-state index in [1.165, 1.54) is 0 Å². The number of nitrogens with zero attached hydrogens (tertiary/aromatic N) is 2. The average molecular weight is 294 g/mol. The Morgan fingerprint density at radius 3 is 2.86 bits per heavy atom. The molecule has 116 valence electrons. The monoisotopic (exact) mass is 294 g/mol. The molecule has 0 amide bonds. The molecule has 1 saturated heterocycles. The molecule has 2 heterocycles. The minimum atomic E-state index is -0.379. The van der Waals surface area contributed by atoms with Crippen LogP contribution >= 0.6 is 0 Å². The lowest BCUT2D eigenvalue weighted by Gasteiger charge is -2.37. The summed E-state index contributed by atoms with van der Waals surface area (Å²) in [5.74, 6) is 0.342. The first-order valence-electron chi connectivity index (χ1n) is 7.11. The van der Waals surface area contributed by atoms with E-state index in [-0.39, 0.29) is 16.0 Å². The largest absolute Gasteiger partial charge is 0.384 e. The molecule has 2 rings (SSSR count). The van der Waals surface area contributed by atoms with Gasteiger partial charge >= 0.3 is 5.69 Å². The summed E-state index contributed by atoms with van der Waals surface area (Å²) >= 11 is 0. The molecule has 0 bridgehead atoms. The Hall–Kier alpha value is -1.73. The van der Waals surface area contributed by atoms with Gasteiger partial charge in [-0.25, -0.2) is 4.98 Å². The van der Waals surface area contributed by atoms with Gasteiger partial charge < -0.3 is 15.4 Å². The molecule has 21 heavy (non-hydrogen) atoms. The van der Waals surface area contributed by atoms with Crippen molar-refractivity contribution in [1.29, 1.82) is 0 Å². The number of piperidine rings is 1. The smallest absolute Gasteiger partial charge is 0.314 e. The van der Waals surface area contributed by atoms with Crippen molar-refractivity contribution < 1.29 is 9.66 Å². The molecule has 0 unspecified atom stereocenters. The Morgan fingerprint density at radius 2 is 2.24 bits per heavy atom. The molecule has 0 radical (unpaired) electrons. The van der Waals surface area contributed by atoms with Gasteiger partial charge in [0.15, 0.2) is 0 Å². The minimum absolute atomic E-state index is 0.000700. The zero-order chi connectivity index (χ0) is 15.3. The van der Waals surface area contributed by atoms with Gasteiger partial charge in [-0.15, -0.1) is 0 Å². The Kier molecular flexibility index (Phi) is 5.08. The van der Waals surface area contributed by atoms with E-state index in [1.54, 1.807) is 26.3 Å². The predicted molar refractivity (Wildman–Crippen MR) is 80.5 cm³/mol. The van der Waals surface area contributed by atoms with Gasteiger partial charge in [-0.1, -0.05) is 0 Å². The van der Waals surface area contributed by atoms with Crippen LogP contribution in [0.5, 0.6) is 0 Å². The second kappa shape index (κ2) is 6.82. The van der Waals surface area contributed by atoms with Crippen LogP contribution in [-0.2, 0) is 4.74 Å². The van der Waals surface area contributed by atoms with Gasteiger partial charge in [-0.3, -0.25) is 10.1 Å². The lowest BCUT2D eigenvalue weighted by Crippen LogP contribution is -2.44. The van der Waals surface area contributed by atoms with Gasteiger partial charge in [0, 0.05) is 30.8 Å². The molecule has 2 N–H and O–H groups in total. The molecular formula is C14H22N4O3. The third-order valence-electron chi connectivity index (χ3n) is 4.05. The minimum Gasteiger partial charge on any atom is -0.384 e. The standard InChI is InChI=1S/C14H22N4O3/c1-11-3-6-16-13(12(11)18(19)20)17-9-14(10-21-2)4-7-15-8-5-14/h3,6,15H,4-5,7-10H2,1-2H3,(H,16,17). The number of pyridine rings is 1. The molecule has 1 aromatic rings.